The van der Waals surface area contributed by atoms with E-state index in [0.29, 0.717) is 41.9 Å². The number of benzene rings is 2. The number of imidazole rings is 1. The second-order valence-corrected chi connectivity index (χ2v) is 10.1. The van der Waals surface area contributed by atoms with Gasteiger partial charge in [-0.25, -0.2) is 14.6 Å². The van der Waals surface area contributed by atoms with Gasteiger partial charge in [-0.2, -0.15) is 4.79 Å². The number of carboxylic acids is 2. The molecule has 264 valence electrons. The Labute approximate surface area is 287 Å². The van der Waals surface area contributed by atoms with Crippen LogP contribution in [0.4, 0.5) is 11.4 Å². The molecule has 0 amide bonds. The van der Waals surface area contributed by atoms with Gasteiger partial charge in [0.2, 0.25) is 0 Å². The second kappa shape index (κ2) is 19.7. The number of ether oxygens (including phenoxy) is 1. The summed E-state index contributed by atoms with van der Waals surface area (Å²) in [6.07, 6.45) is 11.1. The zero-order valence-corrected chi connectivity index (χ0v) is 27.7. The Kier molecular flexibility index (Phi) is 15.5. The number of nitrogens with two attached hydrogens (primary N) is 3. The molecule has 0 aliphatic carbocycles. The summed E-state index contributed by atoms with van der Waals surface area (Å²) in [5.74, 6) is 4.28. The maximum absolute atomic E-state index is 11.4. The number of methoxy groups -OCH3 is 1. The number of carbonyl (C=O) groups is 4. The van der Waals surface area contributed by atoms with Crippen molar-refractivity contribution in [3.05, 3.63) is 112 Å². The highest BCUT2D eigenvalue weighted by atomic mass is 16.5. The van der Waals surface area contributed by atoms with E-state index in [4.69, 9.17) is 27.5 Å². The molecule has 50 heavy (non-hydrogen) atoms. The Morgan fingerprint density at radius 1 is 0.960 bits per heavy atom. The van der Waals surface area contributed by atoms with E-state index in [0.717, 1.165) is 28.8 Å². The maximum Gasteiger partial charge on any atom is 0.337 e. The van der Waals surface area contributed by atoms with Crippen LogP contribution in [0.15, 0.2) is 79.0 Å². The van der Waals surface area contributed by atoms with Crippen LogP contribution in [0.3, 0.4) is 0 Å². The number of nitrogen functional groups attached to an aromatic ring is 1. The van der Waals surface area contributed by atoms with Gasteiger partial charge in [-0.05, 0) is 72.9 Å². The van der Waals surface area contributed by atoms with Gasteiger partial charge in [0, 0.05) is 38.2 Å². The lowest BCUT2D eigenvalue weighted by Crippen LogP contribution is -2.29. The van der Waals surface area contributed by atoms with E-state index in [1.165, 1.54) is 24.3 Å². The van der Waals surface area contributed by atoms with Gasteiger partial charge in [-0.3, -0.25) is 19.6 Å². The number of hydrogen-bond donors (Lipinski definition) is 8. The van der Waals surface area contributed by atoms with Crippen LogP contribution in [0.1, 0.15) is 48.8 Å². The molecule has 0 aliphatic heterocycles. The van der Waals surface area contributed by atoms with Crippen molar-refractivity contribution in [2.75, 3.05) is 37.7 Å². The minimum Gasteiger partial charge on any atom is -0.496 e. The average molecular weight is 689 g/mol. The standard InChI is InChI=1S/C20H24N2O5.C8H10N4O.C5H6N4O/c1-21-16-9-12(7-8-14(16)19(23)24)5-4-6-13-10-15(20(25)26)17(22-2)11-18(13)27-3;9-7(5-13)1-2-8(10)12-4-3-11-6-12;6-5-2-1-4(3-10)8-9(5)7/h7-11,21-22H,4-6H2,1-3H3,(H,23,24)(H,25,26);1-6H,9-10H2;1-3,6H,7H2/b;7-1-,8-2+;. The fourth-order valence-electron chi connectivity index (χ4n) is 4.25. The fourth-order valence-corrected chi connectivity index (χ4v) is 4.25. The molecule has 2 heterocycles. The summed E-state index contributed by atoms with van der Waals surface area (Å²) >= 11 is 0. The fraction of sp³-hybridized carbons (Fsp3) is 0.182. The number of nitrogens with zero attached hydrogens (tertiary/aromatic N) is 4. The van der Waals surface area contributed by atoms with Crippen LogP contribution in [-0.4, -0.2) is 75.4 Å². The average Bonchev–Trinajstić information content (AvgIpc) is 3.67. The summed E-state index contributed by atoms with van der Waals surface area (Å²) in [5, 5.41) is 34.9. The van der Waals surface area contributed by atoms with Crippen molar-refractivity contribution >= 4 is 41.7 Å². The van der Waals surface area contributed by atoms with Crippen molar-refractivity contribution in [3.63, 3.8) is 0 Å². The Hall–Kier alpha value is -6.91. The molecule has 0 spiro atoms. The van der Waals surface area contributed by atoms with E-state index in [-0.39, 0.29) is 28.0 Å². The first-order chi connectivity index (χ1) is 23.9. The van der Waals surface area contributed by atoms with Gasteiger partial charge in [-0.15, -0.1) is 5.10 Å². The Morgan fingerprint density at radius 3 is 2.18 bits per heavy atom. The molecular weight excluding hydrogens is 648 g/mol. The molecule has 4 rings (SSSR count). The molecule has 0 unspecified atom stereocenters. The lowest BCUT2D eigenvalue weighted by atomic mass is 9.99. The van der Waals surface area contributed by atoms with Crippen LogP contribution in [0.25, 0.3) is 5.82 Å². The number of aromatic carboxylic acids is 2. The Morgan fingerprint density at radius 2 is 1.64 bits per heavy atom. The van der Waals surface area contributed by atoms with Gasteiger partial charge in [0.1, 0.15) is 23.6 Å². The molecule has 2 aromatic carbocycles. The molecule has 17 nitrogen and oxygen atoms in total. The number of carboxylic acid groups (broad SMARTS) is 2. The Bertz CT molecular complexity index is 1900. The normalized spacial score (nSPS) is 10.8. The zero-order chi connectivity index (χ0) is 37.2. The van der Waals surface area contributed by atoms with Crippen molar-refractivity contribution in [2.24, 2.45) is 11.5 Å². The third kappa shape index (κ3) is 11.7. The molecule has 0 bridgehead atoms. The van der Waals surface area contributed by atoms with Gasteiger partial charge in [-0.1, -0.05) is 6.07 Å². The van der Waals surface area contributed by atoms with Crippen LogP contribution >= 0.6 is 0 Å². The summed E-state index contributed by atoms with van der Waals surface area (Å²) in [7, 11) is 4.91. The van der Waals surface area contributed by atoms with Gasteiger partial charge >= 0.3 is 11.9 Å². The van der Waals surface area contributed by atoms with Crippen molar-refractivity contribution in [1.29, 1.82) is 5.41 Å². The van der Waals surface area contributed by atoms with E-state index in [1.54, 1.807) is 68.8 Å². The summed E-state index contributed by atoms with van der Waals surface area (Å²) < 4.78 is 7.00. The second-order valence-electron chi connectivity index (χ2n) is 10.1. The molecule has 0 saturated carbocycles. The third-order valence-corrected chi connectivity index (χ3v) is 6.80. The van der Waals surface area contributed by atoms with E-state index in [1.807, 2.05) is 6.07 Å². The predicted molar refractivity (Wildman–Crippen MR) is 187 cm³/mol. The van der Waals surface area contributed by atoms with Crippen LogP contribution in [0.5, 0.6) is 5.75 Å². The van der Waals surface area contributed by atoms with E-state index < -0.39 is 11.9 Å². The minimum atomic E-state index is -0.994. The molecule has 0 fully saturated rings. The summed E-state index contributed by atoms with van der Waals surface area (Å²) in [5.41, 5.74) is 14.6. The first-order valence-electron chi connectivity index (χ1n) is 14.8. The van der Waals surface area contributed by atoms with Crippen molar-refractivity contribution in [3.8, 4) is 5.75 Å². The van der Waals surface area contributed by atoms with Gasteiger partial charge < -0.3 is 42.9 Å². The number of nitrogens with one attached hydrogen (secondary N) is 3. The number of aromatic nitrogens is 4. The monoisotopic (exact) mass is 688 g/mol. The largest absolute Gasteiger partial charge is 0.496 e. The highest BCUT2D eigenvalue weighted by molar-refractivity contribution is 5.95. The maximum atomic E-state index is 11.4. The minimum absolute atomic E-state index is 0.0607. The van der Waals surface area contributed by atoms with Gasteiger partial charge in [0.05, 0.1) is 29.6 Å². The predicted octanol–water partition coefficient (Wildman–Crippen LogP) is 1.92. The van der Waals surface area contributed by atoms with E-state index >= 15 is 0 Å². The summed E-state index contributed by atoms with van der Waals surface area (Å²) in [6.45, 7) is 0. The first-order valence-corrected chi connectivity index (χ1v) is 14.8. The van der Waals surface area contributed by atoms with Crippen LogP contribution < -0.4 is 38.2 Å². The number of aldehydes is 2. The van der Waals surface area contributed by atoms with E-state index in [2.05, 4.69) is 20.7 Å². The third-order valence-electron chi connectivity index (χ3n) is 6.80. The Balaban J connectivity index is 0.000000309. The molecule has 4 aromatic rings. The number of anilines is 2. The van der Waals surface area contributed by atoms with Crippen molar-refractivity contribution in [1.82, 2.24) is 19.4 Å². The summed E-state index contributed by atoms with van der Waals surface area (Å²) in [6, 6.07) is 11.4. The topological polar surface area (TPSA) is 280 Å². The van der Waals surface area contributed by atoms with Crippen molar-refractivity contribution in [2.45, 2.75) is 19.3 Å². The molecule has 0 aliphatic rings. The lowest BCUT2D eigenvalue weighted by molar-refractivity contribution is -0.105. The molecule has 0 atom stereocenters. The SMILES string of the molecule is CNc1cc(CCCc2cc(C(=O)O)c(NC)cc2OC)ccc1C(=O)O.N/C(C=O)=C\C=C(/N)n1ccnc1.N=c1ccc(C=O)nn1N. The van der Waals surface area contributed by atoms with E-state index in [9.17, 15) is 29.4 Å². The lowest BCUT2D eigenvalue weighted by Gasteiger charge is -2.14. The zero-order valence-electron chi connectivity index (χ0n) is 27.7. The number of hydrogen-bond acceptors (Lipinski definition) is 13. The first kappa shape index (κ1) is 39.3. The number of rotatable bonds is 13. The molecule has 17 heteroatoms. The van der Waals surface area contributed by atoms with Gasteiger partial charge in [0.15, 0.2) is 18.1 Å². The quantitative estimate of drug-likeness (QED) is 0.0431. The molecule has 0 radical (unpaired) electrons. The van der Waals surface area contributed by atoms with Gasteiger partial charge in [0.25, 0.3) is 0 Å². The highest BCUT2D eigenvalue weighted by Gasteiger charge is 2.15. The molecule has 11 N–H and O–H groups in total. The highest BCUT2D eigenvalue weighted by Crippen LogP contribution is 2.29. The molecular formula is C33H40N10O7. The van der Waals surface area contributed by atoms with Crippen molar-refractivity contribution < 1.29 is 34.1 Å². The number of allylic oxidation sites excluding steroid dienone is 3. The van der Waals surface area contributed by atoms with Crippen LogP contribution in [0.2, 0.25) is 0 Å². The number of aryl methyl sites for hydroxylation is 2. The van der Waals surface area contributed by atoms with Crippen LogP contribution in [-0.2, 0) is 17.6 Å². The smallest absolute Gasteiger partial charge is 0.337 e. The molecule has 2 aromatic heterocycles. The molecule has 0 saturated heterocycles. The number of carbonyl (C=O) groups excluding carboxylic acids is 2. The van der Waals surface area contributed by atoms with Crippen LogP contribution in [0, 0.1) is 5.41 Å². The summed E-state index contributed by atoms with van der Waals surface area (Å²) in [4.78, 5) is 47.5.